The lowest BCUT2D eigenvalue weighted by Gasteiger charge is -2.35. The SMILES string of the molecule is CC(C)CC(C)CN1CCCCC1C(=O)O. The highest BCUT2D eigenvalue weighted by Crippen LogP contribution is 2.20. The molecule has 1 rings (SSSR count). The predicted octanol–water partition coefficient (Wildman–Crippen LogP) is 2.61. The van der Waals surface area contributed by atoms with Crippen LogP contribution in [-0.2, 0) is 4.79 Å². The molecule has 0 aliphatic carbocycles. The van der Waals surface area contributed by atoms with Gasteiger partial charge in [-0.05, 0) is 37.6 Å². The molecule has 1 heterocycles. The molecule has 2 atom stereocenters. The van der Waals surface area contributed by atoms with Crippen LogP contribution in [0.15, 0.2) is 0 Å². The van der Waals surface area contributed by atoms with Gasteiger partial charge < -0.3 is 5.11 Å². The number of rotatable bonds is 5. The molecule has 0 saturated carbocycles. The molecule has 0 spiro atoms. The van der Waals surface area contributed by atoms with Crippen molar-refractivity contribution in [2.75, 3.05) is 13.1 Å². The topological polar surface area (TPSA) is 40.5 Å². The molecule has 2 unspecified atom stereocenters. The van der Waals surface area contributed by atoms with E-state index < -0.39 is 5.97 Å². The molecule has 1 aliphatic rings. The van der Waals surface area contributed by atoms with Gasteiger partial charge in [0.2, 0.25) is 0 Å². The quantitative estimate of drug-likeness (QED) is 0.785. The lowest BCUT2D eigenvalue weighted by atomic mass is 9.95. The van der Waals surface area contributed by atoms with E-state index in [0.717, 1.165) is 32.4 Å². The molecule has 1 fully saturated rings. The van der Waals surface area contributed by atoms with Gasteiger partial charge in [-0.15, -0.1) is 0 Å². The van der Waals surface area contributed by atoms with Crippen molar-refractivity contribution >= 4 is 5.97 Å². The molecule has 0 amide bonds. The van der Waals surface area contributed by atoms with Crippen LogP contribution in [0.1, 0.15) is 46.5 Å². The van der Waals surface area contributed by atoms with E-state index in [0.29, 0.717) is 11.8 Å². The van der Waals surface area contributed by atoms with Crippen molar-refractivity contribution in [3.63, 3.8) is 0 Å². The Morgan fingerprint density at radius 1 is 1.38 bits per heavy atom. The largest absolute Gasteiger partial charge is 0.480 e. The number of hydrogen-bond acceptors (Lipinski definition) is 2. The van der Waals surface area contributed by atoms with Gasteiger partial charge in [-0.1, -0.05) is 27.2 Å². The van der Waals surface area contributed by atoms with Crippen LogP contribution in [-0.4, -0.2) is 35.1 Å². The second-order valence-electron chi connectivity index (χ2n) is 5.58. The monoisotopic (exact) mass is 227 g/mol. The maximum Gasteiger partial charge on any atom is 0.320 e. The van der Waals surface area contributed by atoms with E-state index in [2.05, 4.69) is 25.7 Å². The standard InChI is InChI=1S/C13H25NO2/c1-10(2)8-11(3)9-14-7-5-4-6-12(14)13(15)16/h10-12H,4-9H2,1-3H3,(H,15,16). The van der Waals surface area contributed by atoms with E-state index >= 15 is 0 Å². The van der Waals surface area contributed by atoms with Crippen LogP contribution in [0.2, 0.25) is 0 Å². The Morgan fingerprint density at radius 3 is 2.62 bits per heavy atom. The maximum atomic E-state index is 11.1. The third kappa shape index (κ3) is 4.12. The number of carbonyl (C=O) groups is 1. The third-order valence-corrected chi connectivity index (χ3v) is 3.32. The van der Waals surface area contributed by atoms with E-state index in [1.165, 1.54) is 6.42 Å². The molecule has 0 aromatic rings. The average Bonchev–Trinajstić information content (AvgIpc) is 2.16. The van der Waals surface area contributed by atoms with E-state index in [-0.39, 0.29) is 6.04 Å². The summed E-state index contributed by atoms with van der Waals surface area (Å²) >= 11 is 0. The van der Waals surface area contributed by atoms with Crippen molar-refractivity contribution in [2.45, 2.75) is 52.5 Å². The molecule has 0 bridgehead atoms. The summed E-state index contributed by atoms with van der Waals surface area (Å²) in [7, 11) is 0. The summed E-state index contributed by atoms with van der Waals surface area (Å²) in [6, 6.07) is -0.233. The van der Waals surface area contributed by atoms with Crippen LogP contribution in [0, 0.1) is 11.8 Å². The van der Waals surface area contributed by atoms with Crippen molar-refractivity contribution in [3.05, 3.63) is 0 Å². The number of hydrogen-bond donors (Lipinski definition) is 1. The van der Waals surface area contributed by atoms with Crippen molar-refractivity contribution in [3.8, 4) is 0 Å². The molecular formula is C13H25NO2. The number of likely N-dealkylation sites (tertiary alicyclic amines) is 1. The second-order valence-corrected chi connectivity index (χ2v) is 5.58. The fraction of sp³-hybridized carbons (Fsp3) is 0.923. The first-order chi connectivity index (χ1) is 7.50. The molecule has 94 valence electrons. The predicted molar refractivity (Wildman–Crippen MR) is 65.5 cm³/mol. The van der Waals surface area contributed by atoms with Crippen LogP contribution in [0.5, 0.6) is 0 Å². The summed E-state index contributed by atoms with van der Waals surface area (Å²) in [6.07, 6.45) is 4.22. The summed E-state index contributed by atoms with van der Waals surface area (Å²) in [6.45, 7) is 8.57. The fourth-order valence-electron chi connectivity index (χ4n) is 2.77. The molecule has 16 heavy (non-hydrogen) atoms. The highest BCUT2D eigenvalue weighted by atomic mass is 16.4. The van der Waals surface area contributed by atoms with Gasteiger partial charge in [0.1, 0.15) is 6.04 Å². The number of carboxylic acid groups (broad SMARTS) is 1. The van der Waals surface area contributed by atoms with Crippen LogP contribution in [0.3, 0.4) is 0 Å². The van der Waals surface area contributed by atoms with Crippen molar-refractivity contribution in [1.29, 1.82) is 0 Å². The Bertz CT molecular complexity index is 228. The molecule has 3 heteroatoms. The van der Waals surface area contributed by atoms with Gasteiger partial charge in [0.05, 0.1) is 0 Å². The zero-order valence-electron chi connectivity index (χ0n) is 10.8. The van der Waals surface area contributed by atoms with Gasteiger partial charge in [0.15, 0.2) is 0 Å². The lowest BCUT2D eigenvalue weighted by molar-refractivity contribution is -0.144. The van der Waals surface area contributed by atoms with Gasteiger partial charge in [-0.25, -0.2) is 0 Å². The van der Waals surface area contributed by atoms with Crippen LogP contribution < -0.4 is 0 Å². The van der Waals surface area contributed by atoms with Crippen molar-refractivity contribution < 1.29 is 9.90 Å². The van der Waals surface area contributed by atoms with Crippen LogP contribution in [0.4, 0.5) is 0 Å². The summed E-state index contributed by atoms with van der Waals surface area (Å²) in [4.78, 5) is 13.3. The minimum atomic E-state index is -0.642. The zero-order chi connectivity index (χ0) is 12.1. The van der Waals surface area contributed by atoms with Crippen molar-refractivity contribution in [2.24, 2.45) is 11.8 Å². The van der Waals surface area contributed by atoms with Gasteiger partial charge in [-0.3, -0.25) is 9.69 Å². The molecule has 0 radical (unpaired) electrons. The number of carboxylic acids is 1. The number of piperidine rings is 1. The molecule has 0 aromatic heterocycles. The zero-order valence-corrected chi connectivity index (χ0v) is 10.8. The van der Waals surface area contributed by atoms with Gasteiger partial charge in [0, 0.05) is 6.54 Å². The maximum absolute atomic E-state index is 11.1. The van der Waals surface area contributed by atoms with Crippen molar-refractivity contribution in [1.82, 2.24) is 4.90 Å². The highest BCUT2D eigenvalue weighted by Gasteiger charge is 2.29. The minimum Gasteiger partial charge on any atom is -0.480 e. The first kappa shape index (κ1) is 13.5. The van der Waals surface area contributed by atoms with E-state index in [4.69, 9.17) is 5.11 Å². The highest BCUT2D eigenvalue weighted by molar-refractivity contribution is 5.73. The Kier molecular flexibility index (Phi) is 5.26. The summed E-state index contributed by atoms with van der Waals surface area (Å²) in [5, 5.41) is 9.16. The van der Waals surface area contributed by atoms with Crippen LogP contribution in [0.25, 0.3) is 0 Å². The molecule has 0 aromatic carbocycles. The second kappa shape index (κ2) is 6.24. The van der Waals surface area contributed by atoms with E-state index in [1.807, 2.05) is 0 Å². The first-order valence-electron chi connectivity index (χ1n) is 6.47. The molecule has 1 saturated heterocycles. The molecule has 1 aliphatic heterocycles. The molecular weight excluding hydrogens is 202 g/mol. The molecule has 3 nitrogen and oxygen atoms in total. The lowest BCUT2D eigenvalue weighted by Crippen LogP contribution is -2.46. The smallest absolute Gasteiger partial charge is 0.320 e. The van der Waals surface area contributed by atoms with Gasteiger partial charge >= 0.3 is 5.97 Å². The Labute approximate surface area is 98.8 Å². The fourth-order valence-corrected chi connectivity index (χ4v) is 2.77. The Hall–Kier alpha value is -0.570. The van der Waals surface area contributed by atoms with Crippen LogP contribution >= 0.6 is 0 Å². The van der Waals surface area contributed by atoms with Gasteiger partial charge in [0.25, 0.3) is 0 Å². The summed E-state index contributed by atoms with van der Waals surface area (Å²) in [5.74, 6) is 0.652. The normalized spacial score (nSPS) is 24.6. The van der Waals surface area contributed by atoms with E-state index in [9.17, 15) is 4.79 Å². The Morgan fingerprint density at radius 2 is 2.06 bits per heavy atom. The van der Waals surface area contributed by atoms with Gasteiger partial charge in [-0.2, -0.15) is 0 Å². The Balaban J connectivity index is 2.46. The summed E-state index contributed by atoms with van der Waals surface area (Å²) < 4.78 is 0. The number of nitrogens with zero attached hydrogens (tertiary/aromatic N) is 1. The average molecular weight is 227 g/mol. The summed E-state index contributed by atoms with van der Waals surface area (Å²) in [5.41, 5.74) is 0. The first-order valence-corrected chi connectivity index (χ1v) is 6.47. The molecule has 1 N–H and O–H groups in total. The minimum absolute atomic E-state index is 0.233. The van der Waals surface area contributed by atoms with E-state index in [1.54, 1.807) is 0 Å². The number of aliphatic carboxylic acids is 1. The third-order valence-electron chi connectivity index (χ3n) is 3.32.